The highest BCUT2D eigenvalue weighted by atomic mass is 32.2. The Bertz CT molecular complexity index is 209. The van der Waals surface area contributed by atoms with Crippen LogP contribution < -0.4 is 0 Å². The van der Waals surface area contributed by atoms with Crippen molar-refractivity contribution in [3.05, 3.63) is 0 Å². The minimum Gasteiger partial charge on any atom is -0.268 e. The van der Waals surface area contributed by atoms with E-state index >= 15 is 0 Å². The first-order valence-electron chi connectivity index (χ1n) is 2.13. The van der Waals surface area contributed by atoms with E-state index in [1.807, 2.05) is 0 Å². The minimum atomic E-state index is -4.07. The van der Waals surface area contributed by atoms with E-state index in [2.05, 4.69) is 4.40 Å². The van der Waals surface area contributed by atoms with Crippen LogP contribution in [0.3, 0.4) is 0 Å². The summed E-state index contributed by atoms with van der Waals surface area (Å²) >= 11 is 0. The van der Waals surface area contributed by atoms with E-state index in [4.69, 9.17) is 4.55 Å². The molecule has 0 spiro atoms. The summed E-state index contributed by atoms with van der Waals surface area (Å²) in [7, 11) is -4.07. The van der Waals surface area contributed by atoms with Crippen LogP contribution in [-0.4, -0.2) is 18.7 Å². The van der Waals surface area contributed by atoms with Crippen molar-refractivity contribution in [3.63, 3.8) is 0 Å². The number of hydrogen-bond donors (Lipinski definition) is 1. The highest BCUT2D eigenvalue weighted by molar-refractivity contribution is 7.84. The fourth-order valence-corrected chi connectivity index (χ4v) is 0.819. The monoisotopic (exact) mass is 135 g/mol. The highest BCUT2D eigenvalue weighted by Crippen LogP contribution is 2.14. The van der Waals surface area contributed by atoms with E-state index in [0.717, 1.165) is 0 Å². The maximum Gasteiger partial charge on any atom is 0.378 e. The van der Waals surface area contributed by atoms with Gasteiger partial charge in [0, 0.05) is 5.71 Å². The van der Waals surface area contributed by atoms with Crippen molar-refractivity contribution in [3.8, 4) is 0 Å². The Labute approximate surface area is 47.1 Å². The van der Waals surface area contributed by atoms with Crippen molar-refractivity contribution in [2.24, 2.45) is 4.40 Å². The molecule has 1 aliphatic carbocycles. The zero-order valence-corrected chi connectivity index (χ0v) is 4.85. The highest BCUT2D eigenvalue weighted by Gasteiger charge is 2.16. The Hall–Kier alpha value is -0.420. The molecule has 1 fully saturated rings. The van der Waals surface area contributed by atoms with Crippen LogP contribution in [0.25, 0.3) is 0 Å². The van der Waals surface area contributed by atoms with E-state index in [-0.39, 0.29) is 0 Å². The Morgan fingerprint density at radius 1 is 1.50 bits per heavy atom. The molecule has 1 saturated carbocycles. The number of nitrogens with zero attached hydrogens (tertiary/aromatic N) is 1. The Kier molecular flexibility index (Phi) is 1.09. The summed E-state index contributed by atoms with van der Waals surface area (Å²) < 4.78 is 30.7. The van der Waals surface area contributed by atoms with E-state index in [1.165, 1.54) is 0 Å². The summed E-state index contributed by atoms with van der Waals surface area (Å²) in [5.41, 5.74) is 0.563. The van der Waals surface area contributed by atoms with Crippen molar-refractivity contribution >= 4 is 16.0 Å². The summed E-state index contributed by atoms with van der Waals surface area (Å²) in [6, 6.07) is 0. The van der Waals surface area contributed by atoms with Crippen LogP contribution in [0.2, 0.25) is 0 Å². The van der Waals surface area contributed by atoms with Gasteiger partial charge in [-0.2, -0.15) is 8.42 Å². The largest absolute Gasteiger partial charge is 0.378 e. The topological polar surface area (TPSA) is 66.7 Å². The SMILES string of the molecule is O=S(=O)(O)N=C1CC1. The van der Waals surface area contributed by atoms with E-state index < -0.39 is 10.3 Å². The molecule has 0 aromatic rings. The van der Waals surface area contributed by atoms with Gasteiger partial charge in [-0.25, -0.2) is 0 Å². The smallest absolute Gasteiger partial charge is 0.268 e. The molecule has 4 nitrogen and oxygen atoms in total. The molecule has 0 heterocycles. The summed E-state index contributed by atoms with van der Waals surface area (Å²) in [4.78, 5) is 0. The van der Waals surface area contributed by atoms with Gasteiger partial charge in [-0.3, -0.25) is 4.55 Å². The van der Waals surface area contributed by atoms with Crippen molar-refractivity contribution in [1.82, 2.24) is 0 Å². The van der Waals surface area contributed by atoms with Gasteiger partial charge >= 0.3 is 10.3 Å². The normalized spacial score (nSPS) is 18.4. The van der Waals surface area contributed by atoms with Crippen molar-refractivity contribution < 1.29 is 13.0 Å². The second-order valence-electron chi connectivity index (χ2n) is 1.61. The predicted molar refractivity (Wildman–Crippen MR) is 28.2 cm³/mol. The lowest BCUT2D eigenvalue weighted by molar-refractivity contribution is 0.485. The van der Waals surface area contributed by atoms with Crippen LogP contribution in [0, 0.1) is 0 Å². The molecule has 0 radical (unpaired) electrons. The van der Waals surface area contributed by atoms with Crippen LogP contribution in [0.5, 0.6) is 0 Å². The van der Waals surface area contributed by atoms with Gasteiger partial charge in [0.05, 0.1) is 0 Å². The maximum atomic E-state index is 9.85. The van der Waals surface area contributed by atoms with Gasteiger partial charge in [0.2, 0.25) is 0 Å². The molecule has 1 rings (SSSR count). The maximum absolute atomic E-state index is 9.85. The van der Waals surface area contributed by atoms with Gasteiger partial charge in [0.15, 0.2) is 0 Å². The molecular weight excluding hydrogens is 130 g/mol. The van der Waals surface area contributed by atoms with Crippen LogP contribution in [0.15, 0.2) is 4.40 Å². The van der Waals surface area contributed by atoms with Crippen LogP contribution in [-0.2, 0) is 10.3 Å². The van der Waals surface area contributed by atoms with Gasteiger partial charge in [-0.15, -0.1) is 4.40 Å². The standard InChI is InChI=1S/C3H5NO3S/c5-8(6,7)4-3-1-2-3/h1-2H2,(H,5,6,7). The molecule has 0 saturated heterocycles. The quantitative estimate of drug-likeness (QED) is 0.515. The molecule has 0 aliphatic heterocycles. The minimum absolute atomic E-state index is 0.563. The van der Waals surface area contributed by atoms with Crippen LogP contribution >= 0.6 is 0 Å². The summed E-state index contributed by atoms with van der Waals surface area (Å²) in [6.07, 6.45) is 1.42. The molecule has 46 valence electrons. The van der Waals surface area contributed by atoms with E-state index in [1.54, 1.807) is 0 Å². The fourth-order valence-electron chi connectivity index (χ4n) is 0.310. The summed E-state index contributed by atoms with van der Waals surface area (Å²) in [5.74, 6) is 0. The summed E-state index contributed by atoms with van der Waals surface area (Å²) in [5, 5.41) is 0. The zero-order valence-electron chi connectivity index (χ0n) is 4.03. The Morgan fingerprint density at radius 2 is 2.00 bits per heavy atom. The molecule has 0 aromatic heterocycles. The first kappa shape index (κ1) is 5.71. The van der Waals surface area contributed by atoms with E-state index in [9.17, 15) is 8.42 Å². The average Bonchev–Trinajstić information content (AvgIpc) is 2.12. The predicted octanol–water partition coefficient (Wildman–Crippen LogP) is 0.0240. The Balaban J connectivity index is 2.77. The lowest BCUT2D eigenvalue weighted by Crippen LogP contribution is -1.90. The molecule has 5 heteroatoms. The van der Waals surface area contributed by atoms with Crippen molar-refractivity contribution in [2.75, 3.05) is 0 Å². The Morgan fingerprint density at radius 3 is 2.12 bits per heavy atom. The zero-order chi connectivity index (χ0) is 6.20. The first-order valence-corrected chi connectivity index (χ1v) is 3.53. The fraction of sp³-hybridized carbons (Fsp3) is 0.667. The molecule has 0 aromatic carbocycles. The van der Waals surface area contributed by atoms with Gasteiger partial charge in [0.1, 0.15) is 0 Å². The van der Waals surface area contributed by atoms with Crippen molar-refractivity contribution in [1.29, 1.82) is 0 Å². The van der Waals surface area contributed by atoms with Crippen LogP contribution in [0.1, 0.15) is 12.8 Å². The number of hydrogen-bond acceptors (Lipinski definition) is 2. The molecule has 8 heavy (non-hydrogen) atoms. The average molecular weight is 135 g/mol. The van der Waals surface area contributed by atoms with Gasteiger partial charge < -0.3 is 0 Å². The second-order valence-corrected chi connectivity index (χ2v) is 2.68. The molecule has 0 atom stereocenters. The first-order chi connectivity index (χ1) is 3.58. The van der Waals surface area contributed by atoms with Crippen LogP contribution in [0.4, 0.5) is 0 Å². The molecule has 0 amide bonds. The summed E-state index contributed by atoms with van der Waals surface area (Å²) in [6.45, 7) is 0. The van der Waals surface area contributed by atoms with Crippen molar-refractivity contribution in [2.45, 2.75) is 12.8 Å². The number of rotatable bonds is 1. The molecule has 1 N–H and O–H groups in total. The molecular formula is C3H5NO3S. The third-order valence-corrected chi connectivity index (χ3v) is 1.21. The molecule has 0 bridgehead atoms. The van der Waals surface area contributed by atoms with E-state index in [0.29, 0.717) is 18.6 Å². The lowest BCUT2D eigenvalue weighted by atomic mass is 10.9. The van der Waals surface area contributed by atoms with Gasteiger partial charge in [0.25, 0.3) is 0 Å². The van der Waals surface area contributed by atoms with Gasteiger partial charge in [-0.05, 0) is 12.8 Å². The van der Waals surface area contributed by atoms with Gasteiger partial charge in [-0.1, -0.05) is 0 Å². The molecule has 1 aliphatic rings. The second kappa shape index (κ2) is 1.53. The lowest BCUT2D eigenvalue weighted by Gasteiger charge is -1.77. The molecule has 0 unspecified atom stereocenters. The third kappa shape index (κ3) is 2.04. The third-order valence-electron chi connectivity index (χ3n) is 0.718.